The van der Waals surface area contributed by atoms with Crippen LogP contribution in [0.25, 0.3) is 0 Å². The van der Waals surface area contributed by atoms with Crippen LogP contribution in [0.3, 0.4) is 0 Å². The van der Waals surface area contributed by atoms with Gasteiger partial charge in [-0.2, -0.15) is 10.1 Å². The van der Waals surface area contributed by atoms with Crippen molar-refractivity contribution in [3.05, 3.63) is 29.0 Å². The minimum absolute atomic E-state index is 0.0428. The Morgan fingerprint density at radius 2 is 2.32 bits per heavy atom. The summed E-state index contributed by atoms with van der Waals surface area (Å²) in [6, 6.07) is 0. The number of nitrogens with one attached hydrogen (secondary N) is 2. The third kappa shape index (κ3) is 1.92. The molecule has 2 N–H and O–H groups in total. The number of hydrogen-bond donors (Lipinski definition) is 2. The van der Waals surface area contributed by atoms with E-state index >= 15 is 0 Å². The van der Waals surface area contributed by atoms with Gasteiger partial charge in [-0.25, -0.2) is 5.10 Å². The number of aryl methyl sites for hydroxylation is 1. The van der Waals surface area contributed by atoms with Crippen molar-refractivity contribution in [2.24, 2.45) is 0 Å². The average molecular weight is 260 g/mol. The topological polar surface area (TPSA) is 101 Å². The fourth-order valence-electron chi connectivity index (χ4n) is 2.30. The number of aromatic amines is 1. The minimum atomic E-state index is -0.434. The molecule has 1 aliphatic carbocycles. The maximum atomic E-state index is 12.1. The summed E-state index contributed by atoms with van der Waals surface area (Å²) in [6.45, 7) is 1.72. The van der Waals surface area contributed by atoms with Crippen molar-refractivity contribution in [1.29, 1.82) is 0 Å². The third-order valence-corrected chi connectivity index (χ3v) is 3.16. The molecular weight excluding hydrogens is 248 g/mol. The number of carbonyl (C=O) groups is 2. The highest BCUT2D eigenvalue weighted by atomic mass is 16.4. The maximum absolute atomic E-state index is 12.1. The van der Waals surface area contributed by atoms with Gasteiger partial charge in [0.1, 0.15) is 12.1 Å². The van der Waals surface area contributed by atoms with Gasteiger partial charge in [0, 0.05) is 18.4 Å². The molecule has 0 atom stereocenters. The summed E-state index contributed by atoms with van der Waals surface area (Å²) < 4.78 is 5.52. The number of aromatic nitrogens is 3. The van der Waals surface area contributed by atoms with Crippen LogP contribution in [-0.2, 0) is 6.42 Å². The van der Waals surface area contributed by atoms with Crippen LogP contribution in [-0.4, -0.2) is 26.9 Å². The predicted octanol–water partition coefficient (Wildman–Crippen LogP) is 1.48. The number of carbonyl (C=O) groups excluding carboxylic acids is 2. The van der Waals surface area contributed by atoms with Crippen LogP contribution in [0.15, 0.2) is 10.7 Å². The van der Waals surface area contributed by atoms with Gasteiger partial charge in [-0.3, -0.25) is 14.9 Å². The van der Waals surface area contributed by atoms with Crippen LogP contribution >= 0.6 is 0 Å². The van der Waals surface area contributed by atoms with E-state index < -0.39 is 5.91 Å². The van der Waals surface area contributed by atoms with Crippen LogP contribution in [0.2, 0.25) is 0 Å². The van der Waals surface area contributed by atoms with Gasteiger partial charge < -0.3 is 4.42 Å². The molecule has 1 aliphatic rings. The second-order valence-electron chi connectivity index (χ2n) is 4.42. The molecule has 0 fully saturated rings. The smallest absolute Gasteiger partial charge is 0.294 e. The van der Waals surface area contributed by atoms with Gasteiger partial charge in [0.25, 0.3) is 5.91 Å². The molecule has 0 saturated heterocycles. The average Bonchev–Trinajstić information content (AvgIpc) is 2.98. The zero-order chi connectivity index (χ0) is 13.4. The van der Waals surface area contributed by atoms with Crippen LogP contribution in [0.5, 0.6) is 0 Å². The molecule has 0 bridgehead atoms. The Morgan fingerprint density at radius 3 is 3.00 bits per heavy atom. The first-order valence-electron chi connectivity index (χ1n) is 5.99. The first-order valence-corrected chi connectivity index (χ1v) is 5.99. The van der Waals surface area contributed by atoms with Crippen molar-refractivity contribution < 1.29 is 14.0 Å². The van der Waals surface area contributed by atoms with Crippen LogP contribution in [0.1, 0.15) is 45.1 Å². The third-order valence-electron chi connectivity index (χ3n) is 3.16. The van der Waals surface area contributed by atoms with Crippen LogP contribution in [0.4, 0.5) is 5.95 Å². The molecule has 0 radical (unpaired) electrons. The lowest BCUT2D eigenvalue weighted by Gasteiger charge is -2.07. The second kappa shape index (κ2) is 4.34. The van der Waals surface area contributed by atoms with E-state index in [1.807, 2.05) is 0 Å². The Kier molecular flexibility index (Phi) is 2.66. The molecule has 1 amide bonds. The number of hydrogen-bond acceptors (Lipinski definition) is 5. The number of rotatable bonds is 2. The van der Waals surface area contributed by atoms with E-state index in [2.05, 4.69) is 20.5 Å². The summed E-state index contributed by atoms with van der Waals surface area (Å²) in [5, 5.41) is 8.69. The molecule has 98 valence electrons. The number of anilines is 1. The summed E-state index contributed by atoms with van der Waals surface area (Å²) in [6.07, 6.45) is 3.26. The number of nitrogens with zero attached hydrogens (tertiary/aromatic N) is 2. The number of ketones is 1. The van der Waals surface area contributed by atoms with E-state index in [4.69, 9.17) is 4.42 Å². The highest BCUT2D eigenvalue weighted by Crippen LogP contribution is 2.29. The molecule has 2 aromatic heterocycles. The summed E-state index contributed by atoms with van der Waals surface area (Å²) >= 11 is 0. The Bertz CT molecular complexity index is 642. The van der Waals surface area contributed by atoms with Gasteiger partial charge in [-0.1, -0.05) is 0 Å². The quantitative estimate of drug-likeness (QED) is 0.851. The molecule has 7 heteroatoms. The van der Waals surface area contributed by atoms with E-state index in [-0.39, 0.29) is 17.5 Å². The molecule has 19 heavy (non-hydrogen) atoms. The summed E-state index contributed by atoms with van der Waals surface area (Å²) in [7, 11) is 0. The zero-order valence-corrected chi connectivity index (χ0v) is 10.3. The van der Waals surface area contributed by atoms with E-state index in [9.17, 15) is 9.59 Å². The number of H-pyrrole nitrogens is 1. The van der Waals surface area contributed by atoms with Crippen molar-refractivity contribution in [1.82, 2.24) is 15.2 Å². The van der Waals surface area contributed by atoms with Gasteiger partial charge in [0.2, 0.25) is 5.95 Å². The summed E-state index contributed by atoms with van der Waals surface area (Å²) in [5.41, 5.74) is 1.16. The number of amides is 1. The van der Waals surface area contributed by atoms with Crippen LogP contribution in [0, 0.1) is 6.92 Å². The van der Waals surface area contributed by atoms with Gasteiger partial charge in [0.15, 0.2) is 11.5 Å². The first-order chi connectivity index (χ1) is 9.16. The SMILES string of the molecule is Cc1c(C(=O)Nc2ncn[nH]2)oc2c1C(=O)CCC2. The lowest BCUT2D eigenvalue weighted by molar-refractivity contribution is 0.0963. The van der Waals surface area contributed by atoms with E-state index in [1.165, 1.54) is 6.33 Å². The monoisotopic (exact) mass is 260 g/mol. The normalized spacial score (nSPS) is 14.3. The summed E-state index contributed by atoms with van der Waals surface area (Å²) in [5.74, 6) is 0.621. The van der Waals surface area contributed by atoms with Gasteiger partial charge >= 0.3 is 0 Å². The van der Waals surface area contributed by atoms with Crippen molar-refractivity contribution in [3.8, 4) is 0 Å². The molecule has 7 nitrogen and oxygen atoms in total. The Balaban J connectivity index is 1.93. The Hall–Kier alpha value is -2.44. The van der Waals surface area contributed by atoms with E-state index in [1.54, 1.807) is 6.92 Å². The van der Waals surface area contributed by atoms with E-state index in [0.29, 0.717) is 29.7 Å². The van der Waals surface area contributed by atoms with Crippen molar-refractivity contribution in [2.45, 2.75) is 26.2 Å². The van der Waals surface area contributed by atoms with Crippen molar-refractivity contribution in [2.75, 3.05) is 5.32 Å². The lowest BCUT2D eigenvalue weighted by Crippen LogP contribution is -2.14. The first kappa shape index (κ1) is 11.6. The van der Waals surface area contributed by atoms with Gasteiger partial charge in [-0.15, -0.1) is 0 Å². The second-order valence-corrected chi connectivity index (χ2v) is 4.42. The molecule has 0 unspecified atom stereocenters. The van der Waals surface area contributed by atoms with E-state index in [0.717, 1.165) is 6.42 Å². The predicted molar refractivity (Wildman–Crippen MR) is 65.0 cm³/mol. The zero-order valence-electron chi connectivity index (χ0n) is 10.3. The fraction of sp³-hybridized carbons (Fsp3) is 0.333. The number of Topliss-reactive ketones (excluding diaryl/α,β-unsaturated/α-hetero) is 1. The number of fused-ring (bicyclic) bond motifs is 1. The van der Waals surface area contributed by atoms with Gasteiger partial charge in [-0.05, 0) is 13.3 Å². The molecule has 2 aromatic rings. The highest BCUT2D eigenvalue weighted by Gasteiger charge is 2.28. The number of furan rings is 1. The maximum Gasteiger partial charge on any atom is 0.294 e. The van der Waals surface area contributed by atoms with Crippen molar-refractivity contribution in [3.63, 3.8) is 0 Å². The largest absolute Gasteiger partial charge is 0.455 e. The van der Waals surface area contributed by atoms with Gasteiger partial charge in [0.05, 0.1) is 5.56 Å². The fourth-order valence-corrected chi connectivity index (χ4v) is 2.30. The highest BCUT2D eigenvalue weighted by molar-refractivity contribution is 6.06. The minimum Gasteiger partial charge on any atom is -0.455 e. The molecule has 3 rings (SSSR count). The molecular formula is C12H12N4O3. The van der Waals surface area contributed by atoms with Crippen LogP contribution < -0.4 is 5.32 Å². The Morgan fingerprint density at radius 1 is 1.47 bits per heavy atom. The lowest BCUT2D eigenvalue weighted by atomic mass is 9.94. The van der Waals surface area contributed by atoms with Crippen molar-refractivity contribution >= 4 is 17.6 Å². The standard InChI is InChI=1S/C12H12N4O3/c1-6-9-7(17)3-2-4-8(9)19-10(6)11(18)15-12-13-5-14-16-12/h5H,2-4H2,1H3,(H2,13,14,15,16,18). The molecule has 2 heterocycles. The summed E-state index contributed by atoms with van der Waals surface area (Å²) in [4.78, 5) is 27.7. The molecule has 0 spiro atoms. The molecule has 0 aromatic carbocycles. The Labute approximate surface area is 108 Å². The molecule has 0 saturated carbocycles. The molecule has 0 aliphatic heterocycles.